The summed E-state index contributed by atoms with van der Waals surface area (Å²) in [6.45, 7) is 2.07. The molecule has 1 aliphatic carbocycles. The van der Waals surface area contributed by atoms with E-state index in [1.807, 2.05) is 0 Å². The lowest BCUT2D eigenvalue weighted by molar-refractivity contribution is -0.134. The zero-order valence-corrected chi connectivity index (χ0v) is 8.54. The SMILES string of the molecule is O=C([C@H]1CCCN1)N1C[C@H]2CC[C@H]1C2. The van der Waals surface area contributed by atoms with Crippen molar-refractivity contribution in [3.05, 3.63) is 0 Å². The summed E-state index contributed by atoms with van der Waals surface area (Å²) in [6.07, 6.45) is 6.10. The van der Waals surface area contributed by atoms with E-state index in [1.165, 1.54) is 25.7 Å². The molecule has 2 saturated heterocycles. The summed E-state index contributed by atoms with van der Waals surface area (Å²) < 4.78 is 0. The molecule has 3 rings (SSSR count). The van der Waals surface area contributed by atoms with Crippen LogP contribution < -0.4 is 5.32 Å². The fraction of sp³-hybridized carbons (Fsp3) is 0.909. The van der Waals surface area contributed by atoms with Crippen molar-refractivity contribution in [1.82, 2.24) is 10.2 Å². The van der Waals surface area contributed by atoms with Crippen LogP contribution >= 0.6 is 0 Å². The van der Waals surface area contributed by atoms with Gasteiger partial charge in [0.1, 0.15) is 0 Å². The van der Waals surface area contributed by atoms with Gasteiger partial charge in [-0.3, -0.25) is 4.79 Å². The first-order chi connectivity index (χ1) is 6.84. The van der Waals surface area contributed by atoms with Crippen LogP contribution in [-0.2, 0) is 4.79 Å². The zero-order valence-electron chi connectivity index (χ0n) is 8.54. The topological polar surface area (TPSA) is 32.3 Å². The van der Waals surface area contributed by atoms with Crippen LogP contribution in [0.4, 0.5) is 0 Å². The normalized spacial score (nSPS) is 40.9. The standard InChI is InChI=1S/C11H18N2O/c14-11(10-2-1-5-12-10)13-7-8-3-4-9(13)6-8/h8-10,12H,1-7H2/t8-,9-,10+/m0/s1. The number of likely N-dealkylation sites (tertiary alicyclic amines) is 1. The first-order valence-corrected chi connectivity index (χ1v) is 5.88. The molecule has 1 saturated carbocycles. The molecule has 0 spiro atoms. The van der Waals surface area contributed by atoms with Gasteiger partial charge >= 0.3 is 0 Å². The summed E-state index contributed by atoms with van der Waals surface area (Å²) >= 11 is 0. The molecule has 0 aromatic rings. The Morgan fingerprint density at radius 3 is 2.79 bits per heavy atom. The monoisotopic (exact) mass is 194 g/mol. The average molecular weight is 194 g/mol. The number of nitrogens with zero attached hydrogens (tertiary/aromatic N) is 1. The van der Waals surface area contributed by atoms with Gasteiger partial charge in [0, 0.05) is 12.6 Å². The number of piperidine rings is 1. The van der Waals surface area contributed by atoms with Gasteiger partial charge in [0.15, 0.2) is 0 Å². The molecule has 3 nitrogen and oxygen atoms in total. The Kier molecular flexibility index (Phi) is 2.01. The molecular weight excluding hydrogens is 176 g/mol. The van der Waals surface area contributed by atoms with E-state index >= 15 is 0 Å². The summed E-state index contributed by atoms with van der Waals surface area (Å²) in [7, 11) is 0. The number of carbonyl (C=O) groups is 1. The third-order valence-corrected chi connectivity index (χ3v) is 4.05. The quantitative estimate of drug-likeness (QED) is 0.668. The maximum atomic E-state index is 12.1. The molecule has 3 heteroatoms. The second-order valence-electron chi connectivity index (χ2n) is 4.97. The van der Waals surface area contributed by atoms with Crippen LogP contribution in [0.1, 0.15) is 32.1 Å². The summed E-state index contributed by atoms with van der Waals surface area (Å²) in [6, 6.07) is 0.740. The van der Waals surface area contributed by atoms with Gasteiger partial charge in [-0.2, -0.15) is 0 Å². The van der Waals surface area contributed by atoms with E-state index in [-0.39, 0.29) is 6.04 Å². The number of fused-ring (bicyclic) bond motifs is 2. The largest absolute Gasteiger partial charge is 0.338 e. The van der Waals surface area contributed by atoms with Gasteiger partial charge in [-0.05, 0) is 44.6 Å². The lowest BCUT2D eigenvalue weighted by atomic mass is 10.1. The third kappa shape index (κ3) is 1.26. The lowest BCUT2D eigenvalue weighted by Crippen LogP contribution is -2.46. The van der Waals surface area contributed by atoms with Gasteiger partial charge in [-0.15, -0.1) is 0 Å². The van der Waals surface area contributed by atoms with Crippen molar-refractivity contribution < 1.29 is 4.79 Å². The smallest absolute Gasteiger partial charge is 0.239 e. The van der Waals surface area contributed by atoms with Crippen LogP contribution in [0, 0.1) is 5.92 Å². The van der Waals surface area contributed by atoms with Crippen molar-refractivity contribution in [3.63, 3.8) is 0 Å². The van der Waals surface area contributed by atoms with E-state index in [9.17, 15) is 4.79 Å². The highest BCUT2D eigenvalue weighted by Crippen LogP contribution is 2.37. The van der Waals surface area contributed by atoms with Gasteiger partial charge in [0.05, 0.1) is 6.04 Å². The predicted molar refractivity (Wildman–Crippen MR) is 53.9 cm³/mol. The van der Waals surface area contributed by atoms with Crippen LogP contribution in [0.2, 0.25) is 0 Å². The molecule has 1 N–H and O–H groups in total. The minimum Gasteiger partial charge on any atom is -0.338 e. The molecule has 3 fully saturated rings. The van der Waals surface area contributed by atoms with E-state index in [2.05, 4.69) is 10.2 Å². The molecule has 2 aliphatic heterocycles. The Balaban J connectivity index is 1.67. The highest BCUT2D eigenvalue weighted by Gasteiger charge is 2.42. The lowest BCUT2D eigenvalue weighted by Gasteiger charge is -2.29. The number of hydrogen-bond acceptors (Lipinski definition) is 2. The second-order valence-corrected chi connectivity index (χ2v) is 4.97. The van der Waals surface area contributed by atoms with Crippen molar-refractivity contribution in [2.24, 2.45) is 5.92 Å². The van der Waals surface area contributed by atoms with Crippen LogP contribution in [0.3, 0.4) is 0 Å². The number of rotatable bonds is 1. The summed E-state index contributed by atoms with van der Waals surface area (Å²) in [5.74, 6) is 1.21. The number of amides is 1. The van der Waals surface area contributed by atoms with Gasteiger partial charge in [-0.25, -0.2) is 0 Å². The molecule has 0 unspecified atom stereocenters. The van der Waals surface area contributed by atoms with E-state index in [0.717, 1.165) is 25.4 Å². The summed E-state index contributed by atoms with van der Waals surface area (Å²) in [5.41, 5.74) is 0. The maximum Gasteiger partial charge on any atom is 0.239 e. The fourth-order valence-corrected chi connectivity index (χ4v) is 3.29. The summed E-state index contributed by atoms with van der Waals surface area (Å²) in [4.78, 5) is 14.3. The molecule has 3 atom stereocenters. The van der Waals surface area contributed by atoms with Crippen LogP contribution in [0.5, 0.6) is 0 Å². The minimum atomic E-state index is 0.148. The molecule has 0 aromatic heterocycles. The number of hydrogen-bond donors (Lipinski definition) is 1. The van der Waals surface area contributed by atoms with Gasteiger partial charge in [0.2, 0.25) is 5.91 Å². The van der Waals surface area contributed by atoms with Crippen molar-refractivity contribution in [2.45, 2.75) is 44.2 Å². The predicted octanol–water partition coefficient (Wildman–Crippen LogP) is 0.749. The van der Waals surface area contributed by atoms with Gasteiger partial charge in [0.25, 0.3) is 0 Å². The first-order valence-electron chi connectivity index (χ1n) is 5.88. The Hall–Kier alpha value is -0.570. The molecule has 0 aromatic carbocycles. The highest BCUT2D eigenvalue weighted by atomic mass is 16.2. The molecule has 2 heterocycles. The van der Waals surface area contributed by atoms with Crippen molar-refractivity contribution >= 4 is 5.91 Å². The van der Waals surface area contributed by atoms with Crippen molar-refractivity contribution in [1.29, 1.82) is 0 Å². The Morgan fingerprint density at radius 1 is 1.29 bits per heavy atom. The molecule has 1 amide bonds. The molecule has 78 valence electrons. The zero-order chi connectivity index (χ0) is 9.54. The highest BCUT2D eigenvalue weighted by molar-refractivity contribution is 5.82. The molecule has 14 heavy (non-hydrogen) atoms. The van der Waals surface area contributed by atoms with Crippen LogP contribution in [-0.4, -0.2) is 36.0 Å². The average Bonchev–Trinajstić information content (AvgIpc) is 2.93. The van der Waals surface area contributed by atoms with Crippen LogP contribution in [0.15, 0.2) is 0 Å². The fourth-order valence-electron chi connectivity index (χ4n) is 3.29. The van der Waals surface area contributed by atoms with Gasteiger partial charge in [-0.1, -0.05) is 0 Å². The molecule has 3 aliphatic rings. The number of carbonyl (C=O) groups excluding carboxylic acids is 1. The van der Waals surface area contributed by atoms with E-state index in [4.69, 9.17) is 0 Å². The molecule has 2 bridgehead atoms. The maximum absolute atomic E-state index is 12.1. The van der Waals surface area contributed by atoms with Crippen molar-refractivity contribution in [3.8, 4) is 0 Å². The second kappa shape index (κ2) is 3.23. The van der Waals surface area contributed by atoms with E-state index in [1.54, 1.807) is 0 Å². The molecular formula is C11H18N2O. The van der Waals surface area contributed by atoms with Crippen molar-refractivity contribution in [2.75, 3.05) is 13.1 Å². The van der Waals surface area contributed by atoms with Crippen LogP contribution in [0.25, 0.3) is 0 Å². The minimum absolute atomic E-state index is 0.148. The van der Waals surface area contributed by atoms with E-state index in [0.29, 0.717) is 11.9 Å². The van der Waals surface area contributed by atoms with E-state index < -0.39 is 0 Å². The molecule has 0 radical (unpaired) electrons. The Bertz CT molecular complexity index is 248. The summed E-state index contributed by atoms with van der Waals surface area (Å²) in [5, 5.41) is 3.30. The number of nitrogens with one attached hydrogen (secondary N) is 1. The Morgan fingerprint density at radius 2 is 2.21 bits per heavy atom. The first kappa shape index (κ1) is 8.72. The third-order valence-electron chi connectivity index (χ3n) is 4.05. The Labute approximate surface area is 84.8 Å². The van der Waals surface area contributed by atoms with Gasteiger partial charge < -0.3 is 10.2 Å².